The van der Waals surface area contributed by atoms with Crippen LogP contribution in [-0.4, -0.2) is 30.6 Å². The molecule has 4 heteroatoms. The Morgan fingerprint density at radius 1 is 1.73 bits per heavy atom. The van der Waals surface area contributed by atoms with Gasteiger partial charge in [0, 0.05) is 19.2 Å². The molecule has 0 aliphatic carbocycles. The molecule has 2 heterocycles. The molecule has 2 atom stereocenters. The Labute approximate surface area is 88.1 Å². The lowest BCUT2D eigenvalue weighted by Gasteiger charge is -2.45. The van der Waals surface area contributed by atoms with Crippen LogP contribution in [0.5, 0.6) is 0 Å². The molecule has 0 spiro atoms. The van der Waals surface area contributed by atoms with Gasteiger partial charge in [0.25, 0.3) is 5.91 Å². The summed E-state index contributed by atoms with van der Waals surface area (Å²) in [5, 5.41) is 0. The fourth-order valence-corrected chi connectivity index (χ4v) is 1.89. The highest BCUT2D eigenvalue weighted by Crippen LogP contribution is 2.36. The fourth-order valence-electron chi connectivity index (χ4n) is 1.89. The summed E-state index contributed by atoms with van der Waals surface area (Å²) in [6.07, 6.45) is 4.55. The summed E-state index contributed by atoms with van der Waals surface area (Å²) in [6, 6.07) is 1.80. The van der Waals surface area contributed by atoms with Gasteiger partial charge >= 0.3 is 0 Å². The van der Waals surface area contributed by atoms with Gasteiger partial charge in [-0.2, -0.15) is 0 Å². The van der Waals surface area contributed by atoms with E-state index in [0.29, 0.717) is 6.54 Å². The van der Waals surface area contributed by atoms with Crippen LogP contribution < -0.4 is 0 Å². The van der Waals surface area contributed by atoms with Gasteiger partial charge in [-0.15, -0.1) is 6.58 Å². The van der Waals surface area contributed by atoms with Crippen molar-refractivity contribution in [2.24, 2.45) is 0 Å². The molecule has 4 nitrogen and oxygen atoms in total. The first-order valence-electron chi connectivity index (χ1n) is 4.76. The first-order valence-corrected chi connectivity index (χ1v) is 4.76. The third-order valence-corrected chi connectivity index (χ3v) is 2.61. The number of ether oxygens (including phenoxy) is 1. The van der Waals surface area contributed by atoms with E-state index in [1.54, 1.807) is 30.6 Å². The van der Waals surface area contributed by atoms with Crippen LogP contribution in [0, 0.1) is 0 Å². The van der Waals surface area contributed by atoms with Crippen LogP contribution in [0.25, 0.3) is 0 Å². The highest BCUT2D eigenvalue weighted by Gasteiger charge is 2.48. The fraction of sp³-hybridized carbons (Fsp3) is 0.364. The number of rotatable bonds is 4. The predicted molar refractivity (Wildman–Crippen MR) is 54.2 cm³/mol. The highest BCUT2D eigenvalue weighted by atomic mass is 16.5. The molecule has 1 saturated heterocycles. The van der Waals surface area contributed by atoms with E-state index in [0.717, 1.165) is 5.56 Å². The summed E-state index contributed by atoms with van der Waals surface area (Å²) in [6.45, 7) is 4.16. The Morgan fingerprint density at radius 3 is 3.07 bits per heavy atom. The van der Waals surface area contributed by atoms with Gasteiger partial charge in [0.1, 0.15) is 0 Å². The molecule has 1 amide bonds. The SMILES string of the molecule is C=CCN1C(=O)[C@@H](OC)[C@@H]1c1ccoc1. The number of β-lactam (4-membered cyclic amide) rings is 1. The number of furan rings is 1. The molecule has 0 bridgehead atoms. The van der Waals surface area contributed by atoms with Crippen LogP contribution in [0.3, 0.4) is 0 Å². The lowest BCUT2D eigenvalue weighted by molar-refractivity contribution is -0.169. The monoisotopic (exact) mass is 207 g/mol. The maximum absolute atomic E-state index is 11.6. The van der Waals surface area contributed by atoms with Gasteiger partial charge in [0.15, 0.2) is 6.10 Å². The number of amides is 1. The minimum atomic E-state index is -0.387. The molecular weight excluding hydrogens is 194 g/mol. The molecule has 1 aromatic rings. The Bertz CT molecular complexity index is 358. The number of hydrogen-bond acceptors (Lipinski definition) is 3. The van der Waals surface area contributed by atoms with Crippen LogP contribution >= 0.6 is 0 Å². The molecular formula is C11H13NO3. The van der Waals surface area contributed by atoms with Gasteiger partial charge in [-0.05, 0) is 6.07 Å². The molecule has 2 rings (SSSR count). The summed E-state index contributed by atoms with van der Waals surface area (Å²) < 4.78 is 10.2. The molecule has 0 N–H and O–H groups in total. The highest BCUT2D eigenvalue weighted by molar-refractivity contribution is 5.89. The lowest BCUT2D eigenvalue weighted by atomic mass is 9.92. The zero-order valence-electron chi connectivity index (χ0n) is 8.55. The number of carbonyl (C=O) groups is 1. The van der Waals surface area contributed by atoms with Gasteiger partial charge in [-0.3, -0.25) is 4.79 Å². The minimum Gasteiger partial charge on any atom is -0.472 e. The van der Waals surface area contributed by atoms with E-state index in [-0.39, 0.29) is 18.1 Å². The minimum absolute atomic E-state index is 0.00333. The average Bonchev–Trinajstić information content (AvgIpc) is 2.74. The van der Waals surface area contributed by atoms with Crippen molar-refractivity contribution >= 4 is 5.91 Å². The van der Waals surface area contributed by atoms with Crippen molar-refractivity contribution < 1.29 is 13.9 Å². The van der Waals surface area contributed by atoms with E-state index >= 15 is 0 Å². The zero-order valence-corrected chi connectivity index (χ0v) is 8.55. The third-order valence-electron chi connectivity index (χ3n) is 2.61. The zero-order chi connectivity index (χ0) is 10.8. The van der Waals surface area contributed by atoms with Gasteiger partial charge in [0.2, 0.25) is 0 Å². The lowest BCUT2D eigenvalue weighted by Crippen LogP contribution is -2.59. The van der Waals surface area contributed by atoms with Crippen LogP contribution in [0.2, 0.25) is 0 Å². The quantitative estimate of drug-likeness (QED) is 0.553. The Hall–Kier alpha value is -1.55. The van der Waals surface area contributed by atoms with Crippen molar-refractivity contribution in [1.29, 1.82) is 0 Å². The van der Waals surface area contributed by atoms with E-state index < -0.39 is 0 Å². The van der Waals surface area contributed by atoms with Crippen molar-refractivity contribution in [2.75, 3.05) is 13.7 Å². The first kappa shape index (κ1) is 9.98. The van der Waals surface area contributed by atoms with E-state index in [2.05, 4.69) is 6.58 Å². The predicted octanol–water partition coefficient (Wildman–Crippen LogP) is 1.36. The van der Waals surface area contributed by atoms with Gasteiger partial charge in [0.05, 0.1) is 18.6 Å². The van der Waals surface area contributed by atoms with Crippen LogP contribution in [-0.2, 0) is 9.53 Å². The second-order valence-electron chi connectivity index (χ2n) is 3.44. The first-order chi connectivity index (χ1) is 7.29. The van der Waals surface area contributed by atoms with E-state index in [1.807, 2.05) is 6.07 Å². The summed E-state index contributed by atoms with van der Waals surface area (Å²) in [5.74, 6) is 0.00333. The normalized spacial score (nSPS) is 25.1. The van der Waals surface area contributed by atoms with Crippen molar-refractivity contribution in [1.82, 2.24) is 4.90 Å². The molecule has 1 aliphatic heterocycles. The molecule has 1 aliphatic rings. The molecule has 0 saturated carbocycles. The Balaban J connectivity index is 2.20. The molecule has 15 heavy (non-hydrogen) atoms. The summed E-state index contributed by atoms with van der Waals surface area (Å²) in [5.41, 5.74) is 0.961. The molecule has 1 aromatic heterocycles. The topological polar surface area (TPSA) is 42.7 Å². The number of methoxy groups -OCH3 is 1. The van der Waals surface area contributed by atoms with Gasteiger partial charge < -0.3 is 14.1 Å². The van der Waals surface area contributed by atoms with Crippen molar-refractivity contribution in [3.8, 4) is 0 Å². The van der Waals surface area contributed by atoms with E-state index in [9.17, 15) is 4.79 Å². The van der Waals surface area contributed by atoms with Crippen LogP contribution in [0.4, 0.5) is 0 Å². The van der Waals surface area contributed by atoms with Crippen molar-refractivity contribution in [3.63, 3.8) is 0 Å². The molecule has 0 unspecified atom stereocenters. The number of carbonyl (C=O) groups excluding carboxylic acids is 1. The molecule has 1 fully saturated rings. The molecule has 0 radical (unpaired) electrons. The molecule has 0 aromatic carbocycles. The van der Waals surface area contributed by atoms with Gasteiger partial charge in [-0.1, -0.05) is 6.08 Å². The summed E-state index contributed by atoms with van der Waals surface area (Å²) in [4.78, 5) is 13.3. The summed E-state index contributed by atoms with van der Waals surface area (Å²) in [7, 11) is 1.54. The number of hydrogen-bond donors (Lipinski definition) is 0. The maximum Gasteiger partial charge on any atom is 0.255 e. The summed E-state index contributed by atoms with van der Waals surface area (Å²) >= 11 is 0. The standard InChI is InChI=1S/C11H13NO3/c1-3-5-12-9(8-4-6-15-7-8)10(14-2)11(12)13/h3-4,6-7,9-10H,1,5H2,2H3/t9-,10-/m0/s1. The number of nitrogens with zero attached hydrogens (tertiary/aromatic N) is 1. The van der Waals surface area contributed by atoms with Crippen molar-refractivity contribution in [2.45, 2.75) is 12.1 Å². The Kier molecular flexibility index (Phi) is 2.60. The number of likely N-dealkylation sites (tertiary alicyclic amines) is 1. The van der Waals surface area contributed by atoms with Crippen LogP contribution in [0.15, 0.2) is 35.7 Å². The van der Waals surface area contributed by atoms with E-state index in [4.69, 9.17) is 9.15 Å². The molecule has 80 valence electrons. The second-order valence-corrected chi connectivity index (χ2v) is 3.44. The third kappa shape index (κ3) is 1.47. The van der Waals surface area contributed by atoms with Crippen LogP contribution in [0.1, 0.15) is 11.6 Å². The second kappa shape index (κ2) is 3.90. The van der Waals surface area contributed by atoms with Crippen molar-refractivity contribution in [3.05, 3.63) is 36.8 Å². The largest absolute Gasteiger partial charge is 0.472 e. The van der Waals surface area contributed by atoms with E-state index in [1.165, 1.54) is 0 Å². The smallest absolute Gasteiger partial charge is 0.255 e. The van der Waals surface area contributed by atoms with Gasteiger partial charge in [-0.25, -0.2) is 0 Å². The maximum atomic E-state index is 11.6. The Morgan fingerprint density at radius 2 is 2.53 bits per heavy atom. The average molecular weight is 207 g/mol.